The van der Waals surface area contributed by atoms with Crippen LogP contribution in [0.25, 0.3) is 0 Å². The van der Waals surface area contributed by atoms with Crippen molar-refractivity contribution in [2.45, 2.75) is 58.8 Å². The van der Waals surface area contributed by atoms with Crippen molar-refractivity contribution in [2.24, 2.45) is 17.8 Å². The fourth-order valence-corrected chi connectivity index (χ4v) is 3.54. The molecule has 27 heavy (non-hydrogen) atoms. The van der Waals surface area contributed by atoms with Gasteiger partial charge in [-0.3, -0.25) is 14.7 Å². The second kappa shape index (κ2) is 10.7. The number of aromatic nitrogens is 2. The lowest BCUT2D eigenvalue weighted by molar-refractivity contribution is -0.123. The Balaban J connectivity index is 1.66. The summed E-state index contributed by atoms with van der Waals surface area (Å²) in [6.07, 6.45) is 6.43. The van der Waals surface area contributed by atoms with Gasteiger partial charge in [0.05, 0.1) is 6.07 Å². The Kier molecular flexibility index (Phi) is 8.31. The van der Waals surface area contributed by atoms with Gasteiger partial charge in [-0.2, -0.15) is 10.4 Å². The van der Waals surface area contributed by atoms with Crippen molar-refractivity contribution in [2.75, 3.05) is 13.1 Å². The Bertz CT molecular complexity index is 656. The average molecular weight is 374 g/mol. The highest BCUT2D eigenvalue weighted by Gasteiger charge is 2.24. The lowest BCUT2D eigenvalue weighted by Crippen LogP contribution is -2.36. The Morgan fingerprint density at radius 3 is 2.37 bits per heavy atom. The third kappa shape index (κ3) is 6.38. The lowest BCUT2D eigenvalue weighted by Gasteiger charge is -2.28. The van der Waals surface area contributed by atoms with Crippen molar-refractivity contribution in [1.82, 2.24) is 20.8 Å². The molecule has 1 aromatic rings. The Morgan fingerprint density at radius 1 is 1.22 bits per heavy atom. The van der Waals surface area contributed by atoms with Gasteiger partial charge in [0, 0.05) is 18.8 Å². The van der Waals surface area contributed by atoms with Gasteiger partial charge in [-0.1, -0.05) is 20.3 Å². The number of carbonyl (C=O) groups is 2. The normalized spacial score (nSPS) is 20.5. The predicted molar refractivity (Wildman–Crippen MR) is 103 cm³/mol. The van der Waals surface area contributed by atoms with Gasteiger partial charge in [0.25, 0.3) is 5.91 Å². The van der Waals surface area contributed by atoms with Crippen LogP contribution in [0.4, 0.5) is 0 Å². The van der Waals surface area contributed by atoms with Crippen LogP contribution in [0.15, 0.2) is 6.07 Å². The van der Waals surface area contributed by atoms with E-state index in [4.69, 9.17) is 5.26 Å². The molecule has 1 saturated carbocycles. The summed E-state index contributed by atoms with van der Waals surface area (Å²) < 4.78 is 0. The smallest absolute Gasteiger partial charge is 0.271 e. The fourth-order valence-electron chi connectivity index (χ4n) is 3.54. The molecule has 0 bridgehead atoms. The van der Waals surface area contributed by atoms with E-state index >= 15 is 0 Å². The summed E-state index contributed by atoms with van der Waals surface area (Å²) in [5.74, 6) is 0.132. The number of nitrogens with one attached hydrogen (secondary N) is 3. The highest BCUT2D eigenvalue weighted by Crippen LogP contribution is 2.28. The molecule has 2 amide bonds. The van der Waals surface area contributed by atoms with Crippen molar-refractivity contribution in [1.29, 1.82) is 5.26 Å². The minimum Gasteiger partial charge on any atom is -0.355 e. The molecule has 7 heteroatoms. The van der Waals surface area contributed by atoms with Gasteiger partial charge in [0.15, 0.2) is 0 Å². The van der Waals surface area contributed by atoms with Crippen LogP contribution < -0.4 is 10.6 Å². The molecule has 2 rings (SSSR count). The van der Waals surface area contributed by atoms with Crippen molar-refractivity contribution < 1.29 is 9.59 Å². The number of hydrogen-bond acceptors (Lipinski definition) is 4. The van der Waals surface area contributed by atoms with Gasteiger partial charge in [0.1, 0.15) is 11.6 Å². The molecule has 3 N–H and O–H groups in total. The monoisotopic (exact) mass is 373 g/mol. The third-order valence-electron chi connectivity index (χ3n) is 5.38. The summed E-state index contributed by atoms with van der Waals surface area (Å²) in [5.41, 5.74) is 1.41. The van der Waals surface area contributed by atoms with Crippen LogP contribution in [0.5, 0.6) is 0 Å². The standard InChI is InChI=1S/C20H31N5O2/c1-3-5-16(11-21)19(26)22-12-14-6-8-15(9-7-14)13-23-20(27)18-10-17(4-2)24-25-18/h10,14-16H,3-9,12-13H2,1-2H3,(H,22,26)(H,23,27)(H,24,25). The summed E-state index contributed by atoms with van der Waals surface area (Å²) >= 11 is 0. The van der Waals surface area contributed by atoms with Crippen LogP contribution >= 0.6 is 0 Å². The Hall–Kier alpha value is -2.36. The largest absolute Gasteiger partial charge is 0.355 e. The number of carbonyl (C=O) groups excluding carboxylic acids is 2. The molecular formula is C20H31N5O2. The maximum absolute atomic E-state index is 12.1. The molecule has 0 aliphatic heterocycles. The summed E-state index contributed by atoms with van der Waals surface area (Å²) in [5, 5.41) is 21.9. The first-order chi connectivity index (χ1) is 13.1. The highest BCUT2D eigenvalue weighted by atomic mass is 16.2. The molecule has 1 aliphatic carbocycles. The first-order valence-corrected chi connectivity index (χ1v) is 10.1. The number of hydrogen-bond donors (Lipinski definition) is 3. The first kappa shape index (κ1) is 20.9. The number of aromatic amines is 1. The molecule has 0 saturated heterocycles. The molecule has 148 valence electrons. The minimum atomic E-state index is -0.531. The van der Waals surface area contributed by atoms with Crippen LogP contribution in [-0.4, -0.2) is 35.1 Å². The van der Waals surface area contributed by atoms with E-state index in [0.717, 1.165) is 44.2 Å². The average Bonchev–Trinajstić information content (AvgIpc) is 3.18. The number of nitrogens with zero attached hydrogens (tertiary/aromatic N) is 2. The van der Waals surface area contributed by atoms with Crippen molar-refractivity contribution in [3.63, 3.8) is 0 Å². The van der Waals surface area contributed by atoms with Crippen LogP contribution in [0.2, 0.25) is 0 Å². The number of H-pyrrole nitrogens is 1. The van der Waals surface area contributed by atoms with Gasteiger partial charge < -0.3 is 10.6 Å². The van der Waals surface area contributed by atoms with E-state index in [0.29, 0.717) is 37.0 Å². The molecule has 1 aromatic heterocycles. The second-order valence-corrected chi connectivity index (χ2v) is 7.44. The van der Waals surface area contributed by atoms with Crippen LogP contribution in [0, 0.1) is 29.1 Å². The first-order valence-electron chi connectivity index (χ1n) is 10.1. The molecule has 1 atom stereocenters. The van der Waals surface area contributed by atoms with Gasteiger partial charge in [-0.05, 0) is 56.4 Å². The van der Waals surface area contributed by atoms with Gasteiger partial charge >= 0.3 is 0 Å². The summed E-state index contributed by atoms with van der Waals surface area (Å²) in [4.78, 5) is 24.2. The van der Waals surface area contributed by atoms with Gasteiger partial charge in [0.2, 0.25) is 5.91 Å². The van der Waals surface area contributed by atoms with Crippen molar-refractivity contribution >= 4 is 11.8 Å². The molecular weight excluding hydrogens is 342 g/mol. The third-order valence-corrected chi connectivity index (χ3v) is 5.38. The SMILES string of the molecule is CCCC(C#N)C(=O)NCC1CCC(CNC(=O)c2cc(CC)[nH]n2)CC1. The molecule has 7 nitrogen and oxygen atoms in total. The van der Waals surface area contributed by atoms with Gasteiger partial charge in [-0.25, -0.2) is 0 Å². The number of aryl methyl sites for hydroxylation is 1. The van der Waals surface area contributed by atoms with E-state index in [1.807, 2.05) is 13.8 Å². The number of rotatable bonds is 9. The van der Waals surface area contributed by atoms with E-state index in [-0.39, 0.29) is 11.8 Å². The van der Waals surface area contributed by atoms with E-state index in [9.17, 15) is 9.59 Å². The molecule has 1 heterocycles. The highest BCUT2D eigenvalue weighted by molar-refractivity contribution is 5.92. The van der Waals surface area contributed by atoms with E-state index in [1.165, 1.54) is 0 Å². The molecule has 0 spiro atoms. The van der Waals surface area contributed by atoms with E-state index in [2.05, 4.69) is 26.9 Å². The summed E-state index contributed by atoms with van der Waals surface area (Å²) in [6.45, 7) is 5.30. The molecule has 1 fully saturated rings. The molecule has 1 unspecified atom stereocenters. The van der Waals surface area contributed by atoms with E-state index < -0.39 is 5.92 Å². The quantitative estimate of drug-likeness (QED) is 0.618. The lowest BCUT2D eigenvalue weighted by atomic mass is 9.82. The van der Waals surface area contributed by atoms with Crippen LogP contribution in [0.3, 0.4) is 0 Å². The fraction of sp³-hybridized carbons (Fsp3) is 0.700. The zero-order valence-electron chi connectivity index (χ0n) is 16.4. The second-order valence-electron chi connectivity index (χ2n) is 7.44. The van der Waals surface area contributed by atoms with Crippen molar-refractivity contribution in [3.05, 3.63) is 17.5 Å². The van der Waals surface area contributed by atoms with Crippen LogP contribution in [-0.2, 0) is 11.2 Å². The molecule has 0 aromatic carbocycles. The Morgan fingerprint density at radius 2 is 1.85 bits per heavy atom. The Labute approximate surface area is 161 Å². The van der Waals surface area contributed by atoms with E-state index in [1.54, 1.807) is 6.07 Å². The predicted octanol–water partition coefficient (Wildman–Crippen LogP) is 2.56. The zero-order chi connectivity index (χ0) is 19.6. The number of nitriles is 1. The van der Waals surface area contributed by atoms with Crippen molar-refractivity contribution in [3.8, 4) is 6.07 Å². The summed E-state index contributed by atoms with van der Waals surface area (Å²) in [7, 11) is 0. The topological polar surface area (TPSA) is 111 Å². The maximum Gasteiger partial charge on any atom is 0.271 e. The summed E-state index contributed by atoms with van der Waals surface area (Å²) in [6, 6.07) is 3.88. The zero-order valence-corrected chi connectivity index (χ0v) is 16.4. The van der Waals surface area contributed by atoms with Gasteiger partial charge in [-0.15, -0.1) is 0 Å². The molecule has 1 aliphatic rings. The van der Waals surface area contributed by atoms with Crippen LogP contribution in [0.1, 0.15) is 68.6 Å². The maximum atomic E-state index is 12.1. The number of amides is 2. The minimum absolute atomic E-state index is 0.126. The molecule has 0 radical (unpaired) electrons.